The molecule has 0 radical (unpaired) electrons. The summed E-state index contributed by atoms with van der Waals surface area (Å²) in [7, 11) is 3.82. The molecule has 1 saturated heterocycles. The van der Waals surface area contributed by atoms with Crippen LogP contribution in [0, 0.1) is 6.92 Å². The molecule has 3 rings (SSSR count). The molecule has 1 aliphatic rings. The lowest BCUT2D eigenvalue weighted by atomic mass is 10.1. The number of amides is 1. The van der Waals surface area contributed by atoms with Gasteiger partial charge in [0.1, 0.15) is 0 Å². The van der Waals surface area contributed by atoms with Gasteiger partial charge in [0.25, 0.3) is 5.91 Å². The van der Waals surface area contributed by atoms with E-state index in [0.717, 1.165) is 18.1 Å². The molecule has 1 N–H and O–H groups in total. The number of nitrogens with zero attached hydrogens (tertiary/aromatic N) is 3. The van der Waals surface area contributed by atoms with Gasteiger partial charge in [-0.25, -0.2) is 0 Å². The normalized spacial score (nSPS) is 19.3. The van der Waals surface area contributed by atoms with Crippen molar-refractivity contribution in [1.29, 1.82) is 0 Å². The Morgan fingerprint density at radius 1 is 1.06 bits per heavy atom. The second kappa shape index (κ2) is 10.4. The first kappa shape index (κ1) is 22.8. The summed E-state index contributed by atoms with van der Waals surface area (Å²) in [5.74, 6) is 0.896. The van der Waals surface area contributed by atoms with Crippen molar-refractivity contribution in [3.8, 4) is 0 Å². The van der Waals surface area contributed by atoms with Crippen molar-refractivity contribution in [3.05, 3.63) is 70.8 Å². The zero-order chi connectivity index (χ0) is 22.4. The number of hydrogen-bond donors (Lipinski definition) is 1. The Hall–Kier alpha value is -2.86. The maximum absolute atomic E-state index is 12.8. The maximum Gasteiger partial charge on any atom is 0.254 e. The molecule has 0 saturated carbocycles. The third-order valence-electron chi connectivity index (χ3n) is 5.47. The fourth-order valence-corrected chi connectivity index (χ4v) is 3.90. The minimum Gasteiger partial charge on any atom is -0.372 e. The predicted molar refractivity (Wildman–Crippen MR) is 125 cm³/mol. The van der Waals surface area contributed by atoms with Gasteiger partial charge in [-0.05, 0) is 44.0 Å². The summed E-state index contributed by atoms with van der Waals surface area (Å²) in [6, 6.07) is 16.4. The Morgan fingerprint density at radius 2 is 1.65 bits per heavy atom. The molecule has 31 heavy (non-hydrogen) atoms. The molecule has 2 atom stereocenters. The van der Waals surface area contributed by atoms with Crippen LogP contribution in [0.4, 0.5) is 0 Å². The van der Waals surface area contributed by atoms with Crippen LogP contribution in [0.15, 0.2) is 53.5 Å². The van der Waals surface area contributed by atoms with Gasteiger partial charge in [-0.15, -0.1) is 0 Å². The zero-order valence-corrected chi connectivity index (χ0v) is 19.3. The van der Waals surface area contributed by atoms with E-state index in [9.17, 15) is 4.79 Å². The fourth-order valence-electron chi connectivity index (χ4n) is 3.90. The van der Waals surface area contributed by atoms with Gasteiger partial charge >= 0.3 is 0 Å². The van der Waals surface area contributed by atoms with E-state index in [-0.39, 0.29) is 18.1 Å². The highest BCUT2D eigenvalue weighted by Crippen LogP contribution is 2.15. The Morgan fingerprint density at radius 3 is 2.23 bits per heavy atom. The molecule has 2 aromatic rings. The maximum atomic E-state index is 12.8. The quantitative estimate of drug-likeness (QED) is 0.592. The number of aliphatic imine (C=N–C) groups is 1. The molecule has 1 fully saturated rings. The van der Waals surface area contributed by atoms with Crippen molar-refractivity contribution < 1.29 is 9.53 Å². The fraction of sp³-hybridized carbons (Fsp3) is 0.440. The van der Waals surface area contributed by atoms with E-state index >= 15 is 0 Å². The molecule has 1 heterocycles. The highest BCUT2D eigenvalue weighted by molar-refractivity contribution is 5.94. The monoisotopic (exact) mass is 422 g/mol. The van der Waals surface area contributed by atoms with E-state index in [4.69, 9.17) is 4.74 Å². The van der Waals surface area contributed by atoms with Crippen LogP contribution in [0.25, 0.3) is 0 Å². The number of carbonyl (C=O) groups excluding carboxylic acids is 1. The number of benzene rings is 2. The summed E-state index contributed by atoms with van der Waals surface area (Å²) in [5.41, 5.74) is 4.32. The van der Waals surface area contributed by atoms with E-state index in [0.29, 0.717) is 25.2 Å². The standard InChI is InChI=1S/C25H34N4O2/c1-18-6-8-22(9-7-18)17-28(5)25(26-4)27-14-21-10-12-23(13-11-21)24(30)29-15-19(2)31-20(3)16-29/h6-13,19-20H,14-17H2,1-5H3,(H,26,27). The van der Waals surface area contributed by atoms with Crippen LogP contribution in [-0.2, 0) is 17.8 Å². The molecule has 0 aromatic heterocycles. The molecule has 2 unspecified atom stereocenters. The Labute approximate surface area is 185 Å². The molecule has 1 amide bonds. The second-order valence-corrected chi connectivity index (χ2v) is 8.41. The van der Waals surface area contributed by atoms with Gasteiger partial charge in [-0.3, -0.25) is 9.79 Å². The molecule has 1 aliphatic heterocycles. The Bertz CT molecular complexity index is 883. The van der Waals surface area contributed by atoms with Crippen molar-refractivity contribution in [3.63, 3.8) is 0 Å². The van der Waals surface area contributed by atoms with E-state index < -0.39 is 0 Å². The molecule has 6 nitrogen and oxygen atoms in total. The first-order chi connectivity index (χ1) is 14.9. The van der Waals surface area contributed by atoms with Gasteiger partial charge in [0.15, 0.2) is 5.96 Å². The molecule has 6 heteroatoms. The second-order valence-electron chi connectivity index (χ2n) is 8.41. The molecular weight excluding hydrogens is 388 g/mol. The van der Waals surface area contributed by atoms with Crippen LogP contribution in [-0.4, -0.2) is 61.1 Å². The molecule has 166 valence electrons. The van der Waals surface area contributed by atoms with Crippen LogP contribution in [0.5, 0.6) is 0 Å². The first-order valence-electron chi connectivity index (χ1n) is 10.9. The number of hydrogen-bond acceptors (Lipinski definition) is 3. The van der Waals surface area contributed by atoms with E-state index in [1.165, 1.54) is 11.1 Å². The minimum atomic E-state index is 0.0650. The molecule has 0 bridgehead atoms. The lowest BCUT2D eigenvalue weighted by Gasteiger charge is -2.35. The average molecular weight is 423 g/mol. The van der Waals surface area contributed by atoms with Crippen LogP contribution in [0.1, 0.15) is 40.9 Å². The number of nitrogens with one attached hydrogen (secondary N) is 1. The van der Waals surface area contributed by atoms with Gasteiger partial charge in [-0.1, -0.05) is 42.0 Å². The smallest absolute Gasteiger partial charge is 0.254 e. The lowest BCUT2D eigenvalue weighted by molar-refractivity contribution is -0.0586. The van der Waals surface area contributed by atoms with Crippen LogP contribution >= 0.6 is 0 Å². The highest BCUT2D eigenvalue weighted by Gasteiger charge is 2.26. The summed E-state index contributed by atoms with van der Waals surface area (Å²) in [6.07, 6.45) is 0.139. The number of carbonyl (C=O) groups is 1. The van der Waals surface area contributed by atoms with Gasteiger partial charge < -0.3 is 19.9 Å². The third-order valence-corrected chi connectivity index (χ3v) is 5.47. The van der Waals surface area contributed by atoms with Crippen molar-refractivity contribution in [2.24, 2.45) is 4.99 Å². The Balaban J connectivity index is 1.55. The number of ether oxygens (including phenoxy) is 1. The van der Waals surface area contributed by atoms with Crippen molar-refractivity contribution in [1.82, 2.24) is 15.1 Å². The van der Waals surface area contributed by atoms with E-state index in [2.05, 4.69) is 46.4 Å². The van der Waals surface area contributed by atoms with Crippen molar-refractivity contribution in [2.45, 2.75) is 46.1 Å². The summed E-state index contributed by atoms with van der Waals surface area (Å²) >= 11 is 0. The Kier molecular flexibility index (Phi) is 7.69. The highest BCUT2D eigenvalue weighted by atomic mass is 16.5. The number of rotatable bonds is 5. The van der Waals surface area contributed by atoms with Gasteiger partial charge in [0, 0.05) is 45.8 Å². The number of aryl methyl sites for hydroxylation is 1. The first-order valence-corrected chi connectivity index (χ1v) is 10.9. The summed E-state index contributed by atoms with van der Waals surface area (Å²) in [6.45, 7) is 8.80. The van der Waals surface area contributed by atoms with Crippen LogP contribution in [0.2, 0.25) is 0 Å². The SMILES string of the molecule is CN=C(NCc1ccc(C(=O)N2CC(C)OC(C)C2)cc1)N(C)Cc1ccc(C)cc1. The van der Waals surface area contributed by atoms with Crippen LogP contribution in [0.3, 0.4) is 0 Å². The predicted octanol–water partition coefficient (Wildman–Crippen LogP) is 3.45. The van der Waals surface area contributed by atoms with Gasteiger partial charge in [-0.2, -0.15) is 0 Å². The summed E-state index contributed by atoms with van der Waals surface area (Å²) in [5, 5.41) is 3.40. The number of morpholine rings is 1. The zero-order valence-electron chi connectivity index (χ0n) is 19.3. The summed E-state index contributed by atoms with van der Waals surface area (Å²) < 4.78 is 5.73. The van der Waals surface area contributed by atoms with Gasteiger partial charge in [0.2, 0.25) is 0 Å². The van der Waals surface area contributed by atoms with Crippen molar-refractivity contribution >= 4 is 11.9 Å². The molecule has 0 spiro atoms. The van der Waals surface area contributed by atoms with Gasteiger partial charge in [0.05, 0.1) is 12.2 Å². The number of guanidine groups is 1. The third kappa shape index (κ3) is 6.31. The largest absolute Gasteiger partial charge is 0.372 e. The topological polar surface area (TPSA) is 57.2 Å². The van der Waals surface area contributed by atoms with Crippen LogP contribution < -0.4 is 5.32 Å². The molecule has 2 aromatic carbocycles. The summed E-state index contributed by atoms with van der Waals surface area (Å²) in [4.78, 5) is 21.2. The van der Waals surface area contributed by atoms with Crippen molar-refractivity contribution in [2.75, 3.05) is 27.2 Å². The van der Waals surface area contributed by atoms with E-state index in [1.54, 1.807) is 7.05 Å². The molecular formula is C25H34N4O2. The molecule has 0 aliphatic carbocycles. The lowest BCUT2D eigenvalue weighted by Crippen LogP contribution is -2.48. The average Bonchev–Trinajstić information content (AvgIpc) is 2.75. The minimum absolute atomic E-state index is 0.0650. The van der Waals surface area contributed by atoms with E-state index in [1.807, 2.05) is 50.1 Å².